The molecule has 24 heavy (non-hydrogen) atoms. The summed E-state index contributed by atoms with van der Waals surface area (Å²) >= 11 is 3.28. The molecule has 0 aliphatic carbocycles. The van der Waals surface area contributed by atoms with E-state index in [2.05, 4.69) is 21.1 Å². The zero-order valence-corrected chi connectivity index (χ0v) is 15.4. The van der Waals surface area contributed by atoms with E-state index in [1.807, 2.05) is 0 Å². The molecule has 1 saturated heterocycles. The first-order chi connectivity index (χ1) is 11.4. The van der Waals surface area contributed by atoms with Crippen LogP contribution < -0.4 is 0 Å². The summed E-state index contributed by atoms with van der Waals surface area (Å²) in [4.78, 5) is 14.1. The predicted octanol–water partition coefficient (Wildman–Crippen LogP) is 1.89. The molecular weight excluding hydrogens is 398 g/mol. The van der Waals surface area contributed by atoms with E-state index in [9.17, 15) is 13.2 Å². The lowest BCUT2D eigenvalue weighted by atomic mass is 10.3. The van der Waals surface area contributed by atoms with E-state index in [0.29, 0.717) is 23.3 Å². The van der Waals surface area contributed by atoms with Gasteiger partial charge in [-0.3, -0.25) is 4.79 Å². The van der Waals surface area contributed by atoms with Crippen molar-refractivity contribution in [3.63, 3.8) is 0 Å². The molecule has 0 N–H and O–H groups in total. The van der Waals surface area contributed by atoms with Gasteiger partial charge in [-0.2, -0.15) is 4.31 Å². The van der Waals surface area contributed by atoms with Crippen molar-refractivity contribution < 1.29 is 17.7 Å². The van der Waals surface area contributed by atoms with Crippen LogP contribution in [0.15, 0.2) is 44.2 Å². The average molecular weight is 414 g/mol. The van der Waals surface area contributed by atoms with E-state index in [-0.39, 0.29) is 29.6 Å². The second kappa shape index (κ2) is 6.66. The van der Waals surface area contributed by atoms with Crippen molar-refractivity contribution in [3.05, 3.63) is 46.3 Å². The molecule has 9 heteroatoms. The first kappa shape index (κ1) is 17.1. The van der Waals surface area contributed by atoms with Gasteiger partial charge in [0.2, 0.25) is 10.0 Å². The van der Waals surface area contributed by atoms with E-state index < -0.39 is 10.0 Å². The molecule has 0 radical (unpaired) electrons. The summed E-state index contributed by atoms with van der Waals surface area (Å²) in [5.41, 5.74) is 0.245. The SMILES string of the molecule is Cc1cc(C(=O)N2CCN(S(=O)(=O)c3ccccc3Br)CC2)no1. The Morgan fingerprint density at radius 1 is 1.21 bits per heavy atom. The van der Waals surface area contributed by atoms with Gasteiger partial charge in [0.05, 0.1) is 4.90 Å². The Hall–Kier alpha value is -1.71. The van der Waals surface area contributed by atoms with Crippen LogP contribution in [0.25, 0.3) is 0 Å². The van der Waals surface area contributed by atoms with Crippen LogP contribution in [0.3, 0.4) is 0 Å². The smallest absolute Gasteiger partial charge is 0.276 e. The molecule has 3 rings (SSSR count). The minimum Gasteiger partial charge on any atom is -0.361 e. The molecule has 1 aliphatic rings. The number of aryl methyl sites for hydroxylation is 1. The third kappa shape index (κ3) is 3.24. The number of nitrogens with zero attached hydrogens (tertiary/aromatic N) is 3. The third-order valence-electron chi connectivity index (χ3n) is 3.83. The van der Waals surface area contributed by atoms with E-state index in [1.54, 1.807) is 42.2 Å². The van der Waals surface area contributed by atoms with Gasteiger partial charge < -0.3 is 9.42 Å². The van der Waals surface area contributed by atoms with Gasteiger partial charge in [-0.15, -0.1) is 0 Å². The molecule has 0 atom stereocenters. The molecule has 1 fully saturated rings. The van der Waals surface area contributed by atoms with Crippen molar-refractivity contribution >= 4 is 31.9 Å². The van der Waals surface area contributed by atoms with Crippen molar-refractivity contribution in [2.45, 2.75) is 11.8 Å². The molecule has 0 saturated carbocycles. The average Bonchev–Trinajstić information content (AvgIpc) is 3.01. The molecule has 7 nitrogen and oxygen atoms in total. The Kier molecular flexibility index (Phi) is 4.75. The van der Waals surface area contributed by atoms with Crippen LogP contribution in [0.2, 0.25) is 0 Å². The zero-order chi connectivity index (χ0) is 17.3. The van der Waals surface area contributed by atoms with Gasteiger partial charge in [0.15, 0.2) is 5.69 Å². The van der Waals surface area contributed by atoms with Gasteiger partial charge in [-0.1, -0.05) is 17.3 Å². The van der Waals surface area contributed by atoms with Gasteiger partial charge in [-0.05, 0) is 35.0 Å². The molecule has 1 aliphatic heterocycles. The van der Waals surface area contributed by atoms with E-state index >= 15 is 0 Å². The Morgan fingerprint density at radius 2 is 1.88 bits per heavy atom. The fourth-order valence-corrected chi connectivity index (χ4v) is 4.94. The van der Waals surface area contributed by atoms with Crippen molar-refractivity contribution in [3.8, 4) is 0 Å². The van der Waals surface area contributed by atoms with Crippen molar-refractivity contribution in [2.75, 3.05) is 26.2 Å². The maximum absolute atomic E-state index is 12.7. The van der Waals surface area contributed by atoms with E-state index in [1.165, 1.54) is 4.31 Å². The fourth-order valence-electron chi connectivity index (χ4n) is 2.55. The Balaban J connectivity index is 1.71. The maximum atomic E-state index is 12.7. The number of hydrogen-bond acceptors (Lipinski definition) is 5. The molecule has 0 unspecified atom stereocenters. The molecule has 128 valence electrons. The number of hydrogen-bond donors (Lipinski definition) is 0. The number of sulfonamides is 1. The lowest BCUT2D eigenvalue weighted by molar-refractivity contribution is 0.0687. The second-order valence-electron chi connectivity index (χ2n) is 5.45. The number of rotatable bonds is 3. The van der Waals surface area contributed by atoms with Crippen LogP contribution in [0.5, 0.6) is 0 Å². The monoisotopic (exact) mass is 413 g/mol. The molecule has 0 bridgehead atoms. The highest BCUT2D eigenvalue weighted by Gasteiger charge is 2.32. The van der Waals surface area contributed by atoms with E-state index in [4.69, 9.17) is 4.52 Å². The predicted molar refractivity (Wildman–Crippen MR) is 90.0 cm³/mol. The number of aromatic nitrogens is 1. The quantitative estimate of drug-likeness (QED) is 0.766. The van der Waals surface area contributed by atoms with Crippen LogP contribution in [-0.4, -0.2) is 54.9 Å². The number of carbonyl (C=O) groups is 1. The summed E-state index contributed by atoms with van der Waals surface area (Å²) < 4.78 is 32.3. The molecule has 1 aromatic heterocycles. The van der Waals surface area contributed by atoms with Crippen LogP contribution in [0.4, 0.5) is 0 Å². The molecule has 2 heterocycles. The van der Waals surface area contributed by atoms with Gasteiger partial charge in [0.25, 0.3) is 5.91 Å². The third-order valence-corrected chi connectivity index (χ3v) is 6.74. The standard InChI is InChI=1S/C15H16BrN3O4S/c1-11-10-13(17-23-11)15(20)18-6-8-19(9-7-18)24(21,22)14-5-3-2-4-12(14)16/h2-5,10H,6-9H2,1H3. The minimum atomic E-state index is -3.59. The normalized spacial score (nSPS) is 16.3. The van der Waals surface area contributed by atoms with Gasteiger partial charge in [-0.25, -0.2) is 8.42 Å². The van der Waals surface area contributed by atoms with E-state index in [0.717, 1.165) is 0 Å². The maximum Gasteiger partial charge on any atom is 0.276 e. The van der Waals surface area contributed by atoms with Gasteiger partial charge in [0.1, 0.15) is 5.76 Å². The molecule has 1 aromatic carbocycles. The molecular formula is C15H16BrN3O4S. The first-order valence-corrected chi connectivity index (χ1v) is 9.60. The highest BCUT2D eigenvalue weighted by atomic mass is 79.9. The summed E-state index contributed by atoms with van der Waals surface area (Å²) in [5, 5.41) is 3.71. The number of halogens is 1. The summed E-state index contributed by atoms with van der Waals surface area (Å²) in [6.07, 6.45) is 0. The highest BCUT2D eigenvalue weighted by molar-refractivity contribution is 9.10. The van der Waals surface area contributed by atoms with Crippen LogP contribution in [0, 0.1) is 6.92 Å². The fraction of sp³-hybridized carbons (Fsp3) is 0.333. The number of piperazine rings is 1. The Labute approximate surface area is 148 Å². The zero-order valence-electron chi connectivity index (χ0n) is 13.0. The first-order valence-electron chi connectivity index (χ1n) is 7.37. The molecule has 0 spiro atoms. The summed E-state index contributed by atoms with van der Waals surface area (Å²) in [7, 11) is -3.59. The Morgan fingerprint density at radius 3 is 2.46 bits per heavy atom. The van der Waals surface area contributed by atoms with Gasteiger partial charge in [0, 0.05) is 36.7 Å². The van der Waals surface area contributed by atoms with Crippen molar-refractivity contribution in [1.82, 2.24) is 14.4 Å². The van der Waals surface area contributed by atoms with Crippen molar-refractivity contribution in [2.24, 2.45) is 0 Å². The largest absolute Gasteiger partial charge is 0.361 e. The molecule has 2 aromatic rings. The molecule has 1 amide bonds. The summed E-state index contributed by atoms with van der Waals surface area (Å²) in [6.45, 7) is 2.83. The summed E-state index contributed by atoms with van der Waals surface area (Å²) in [5.74, 6) is 0.318. The lowest BCUT2D eigenvalue weighted by Crippen LogP contribution is -2.50. The topological polar surface area (TPSA) is 83.7 Å². The lowest BCUT2D eigenvalue weighted by Gasteiger charge is -2.33. The number of amides is 1. The Bertz CT molecular complexity index is 857. The highest BCUT2D eigenvalue weighted by Crippen LogP contribution is 2.25. The number of benzene rings is 1. The van der Waals surface area contributed by atoms with Crippen LogP contribution in [0.1, 0.15) is 16.2 Å². The van der Waals surface area contributed by atoms with Crippen LogP contribution >= 0.6 is 15.9 Å². The second-order valence-corrected chi connectivity index (χ2v) is 8.21. The van der Waals surface area contributed by atoms with Crippen molar-refractivity contribution in [1.29, 1.82) is 0 Å². The minimum absolute atomic E-state index is 0.233. The van der Waals surface area contributed by atoms with Gasteiger partial charge >= 0.3 is 0 Å². The van der Waals surface area contributed by atoms with Crippen LogP contribution in [-0.2, 0) is 10.0 Å². The number of carbonyl (C=O) groups excluding carboxylic acids is 1. The summed E-state index contributed by atoms with van der Waals surface area (Å²) in [6, 6.07) is 8.28.